The molecule has 0 bridgehead atoms. The van der Waals surface area contributed by atoms with Crippen LogP contribution in [0.15, 0.2) is 30.6 Å². The number of hydrogen-bond donors (Lipinski definition) is 1. The highest BCUT2D eigenvalue weighted by molar-refractivity contribution is 5.94. The van der Waals surface area contributed by atoms with Gasteiger partial charge in [0, 0.05) is 43.4 Å². The molecule has 2 aliphatic rings. The molecule has 1 saturated heterocycles. The molecule has 0 radical (unpaired) electrons. The number of aryl methyl sites for hydroxylation is 1. The molecule has 1 amide bonds. The van der Waals surface area contributed by atoms with Crippen molar-refractivity contribution in [3.05, 3.63) is 30.6 Å². The zero-order valence-electron chi connectivity index (χ0n) is 17.7. The topological polar surface area (TPSA) is 76.7 Å². The van der Waals surface area contributed by atoms with Gasteiger partial charge in [-0.1, -0.05) is 13.8 Å². The van der Waals surface area contributed by atoms with Gasteiger partial charge in [-0.25, -0.2) is 4.52 Å². The summed E-state index contributed by atoms with van der Waals surface area (Å²) >= 11 is 0. The molecular formula is C22H28N6O2. The molecular weight excluding hydrogens is 380 g/mol. The highest BCUT2D eigenvalue weighted by Crippen LogP contribution is 2.38. The largest absolute Gasteiger partial charge is 0.488 e. The summed E-state index contributed by atoms with van der Waals surface area (Å²) in [5, 5.41) is 11.8. The molecule has 3 aromatic rings. The fourth-order valence-corrected chi connectivity index (χ4v) is 4.25. The molecule has 8 heteroatoms. The fourth-order valence-electron chi connectivity index (χ4n) is 4.25. The van der Waals surface area contributed by atoms with Crippen molar-refractivity contribution in [2.45, 2.75) is 32.7 Å². The number of ether oxygens (including phenoxy) is 1. The molecule has 4 heterocycles. The molecule has 158 valence electrons. The number of pyridine rings is 1. The van der Waals surface area contributed by atoms with E-state index in [4.69, 9.17) is 4.74 Å². The van der Waals surface area contributed by atoms with Crippen LogP contribution in [0.3, 0.4) is 0 Å². The first-order valence-electron chi connectivity index (χ1n) is 10.7. The van der Waals surface area contributed by atoms with Gasteiger partial charge in [-0.15, -0.1) is 0 Å². The number of amides is 1. The third kappa shape index (κ3) is 3.45. The van der Waals surface area contributed by atoms with Crippen molar-refractivity contribution in [2.24, 2.45) is 18.9 Å². The number of nitrogens with one attached hydrogen (secondary N) is 1. The Morgan fingerprint density at radius 2 is 2.20 bits per heavy atom. The maximum atomic E-state index is 12.2. The third-order valence-electron chi connectivity index (χ3n) is 6.44. The molecule has 1 aliphatic heterocycles. The van der Waals surface area contributed by atoms with Crippen LogP contribution < -0.4 is 10.1 Å². The maximum Gasteiger partial charge on any atom is 0.228 e. The Labute approximate surface area is 175 Å². The van der Waals surface area contributed by atoms with Crippen molar-refractivity contribution in [3.63, 3.8) is 0 Å². The molecule has 5 rings (SSSR count). The summed E-state index contributed by atoms with van der Waals surface area (Å²) in [5.41, 5.74) is 2.86. The molecule has 30 heavy (non-hydrogen) atoms. The molecule has 2 fully saturated rings. The van der Waals surface area contributed by atoms with Gasteiger partial charge in [0.15, 0.2) is 11.6 Å². The van der Waals surface area contributed by atoms with Crippen LogP contribution in [0.1, 0.15) is 26.7 Å². The van der Waals surface area contributed by atoms with Gasteiger partial charge in [0.05, 0.1) is 11.7 Å². The first-order chi connectivity index (χ1) is 14.5. The molecule has 1 saturated carbocycles. The standard InChI is InChI=1S/C22H28N6O2/c1-4-27-7-6-16(27)13-30-19-12-23-26(3)21(19)15-5-8-28-17(10-15)11-20(25-28)24-22(29)18-9-14(18)2/h5,8,10-12,14,16,18H,4,6-7,9,13H2,1-3H3,(H,24,25,29)/t14-,16?,18-/m0/s1. The average molecular weight is 409 g/mol. The van der Waals surface area contributed by atoms with Crippen molar-refractivity contribution < 1.29 is 9.53 Å². The summed E-state index contributed by atoms with van der Waals surface area (Å²) in [6.07, 6.45) is 5.83. The Hall–Kier alpha value is -2.87. The first-order valence-corrected chi connectivity index (χ1v) is 10.7. The van der Waals surface area contributed by atoms with Gasteiger partial charge in [-0.05, 0) is 37.4 Å². The van der Waals surface area contributed by atoms with Crippen LogP contribution in [0.25, 0.3) is 16.8 Å². The van der Waals surface area contributed by atoms with Crippen molar-refractivity contribution >= 4 is 17.2 Å². The third-order valence-corrected chi connectivity index (χ3v) is 6.44. The SMILES string of the molecule is CCN1CCC1COc1cnn(C)c1-c1ccn2nc(NC(=O)[C@H]3C[C@@H]3C)cc2c1. The van der Waals surface area contributed by atoms with E-state index in [2.05, 4.69) is 34.3 Å². The van der Waals surface area contributed by atoms with Gasteiger partial charge in [-0.3, -0.25) is 14.4 Å². The van der Waals surface area contributed by atoms with E-state index in [-0.39, 0.29) is 11.8 Å². The number of hydrogen-bond acceptors (Lipinski definition) is 5. The highest BCUT2D eigenvalue weighted by atomic mass is 16.5. The minimum Gasteiger partial charge on any atom is -0.488 e. The van der Waals surface area contributed by atoms with Crippen LogP contribution in [0.5, 0.6) is 5.75 Å². The van der Waals surface area contributed by atoms with E-state index >= 15 is 0 Å². The minimum atomic E-state index is 0.0607. The molecule has 1 unspecified atom stereocenters. The monoisotopic (exact) mass is 408 g/mol. The molecule has 3 aromatic heterocycles. The normalized spacial score (nSPS) is 23.4. The minimum absolute atomic E-state index is 0.0607. The Morgan fingerprint density at radius 3 is 2.90 bits per heavy atom. The van der Waals surface area contributed by atoms with Crippen LogP contribution in [0.4, 0.5) is 5.82 Å². The first kappa shape index (κ1) is 19.1. The second kappa shape index (κ2) is 7.43. The number of carbonyl (C=O) groups is 1. The number of rotatable bonds is 7. The second-order valence-corrected chi connectivity index (χ2v) is 8.49. The lowest BCUT2D eigenvalue weighted by Crippen LogP contribution is -2.50. The van der Waals surface area contributed by atoms with Gasteiger partial charge in [0.1, 0.15) is 12.3 Å². The van der Waals surface area contributed by atoms with Crippen LogP contribution >= 0.6 is 0 Å². The number of likely N-dealkylation sites (N-methyl/N-ethyl adjacent to an activating group) is 1. The lowest BCUT2D eigenvalue weighted by molar-refractivity contribution is -0.117. The van der Waals surface area contributed by atoms with Crippen molar-refractivity contribution in [1.29, 1.82) is 0 Å². The summed E-state index contributed by atoms with van der Waals surface area (Å²) < 4.78 is 9.78. The Balaban J connectivity index is 1.35. The lowest BCUT2D eigenvalue weighted by atomic mass is 10.0. The maximum absolute atomic E-state index is 12.2. The summed E-state index contributed by atoms with van der Waals surface area (Å²) in [4.78, 5) is 14.6. The van der Waals surface area contributed by atoms with E-state index in [1.807, 2.05) is 36.1 Å². The van der Waals surface area contributed by atoms with Gasteiger partial charge < -0.3 is 10.1 Å². The van der Waals surface area contributed by atoms with Crippen LogP contribution in [-0.4, -0.2) is 55.9 Å². The van der Waals surface area contributed by atoms with Crippen molar-refractivity contribution in [1.82, 2.24) is 24.3 Å². The quantitative estimate of drug-likeness (QED) is 0.651. The van der Waals surface area contributed by atoms with E-state index in [9.17, 15) is 4.79 Å². The number of likely N-dealkylation sites (tertiary alicyclic amines) is 1. The zero-order valence-corrected chi connectivity index (χ0v) is 17.7. The van der Waals surface area contributed by atoms with E-state index in [0.29, 0.717) is 24.4 Å². The predicted molar refractivity (Wildman–Crippen MR) is 114 cm³/mol. The number of anilines is 1. The van der Waals surface area contributed by atoms with Crippen LogP contribution in [0, 0.1) is 11.8 Å². The van der Waals surface area contributed by atoms with Gasteiger partial charge >= 0.3 is 0 Å². The Bertz CT molecular complexity index is 1080. The number of aromatic nitrogens is 4. The molecule has 8 nitrogen and oxygen atoms in total. The lowest BCUT2D eigenvalue weighted by Gasteiger charge is -2.39. The molecule has 0 aromatic carbocycles. The van der Waals surface area contributed by atoms with E-state index in [1.54, 1.807) is 10.7 Å². The van der Waals surface area contributed by atoms with Gasteiger partial charge in [0.25, 0.3) is 0 Å². The van der Waals surface area contributed by atoms with E-state index in [0.717, 1.165) is 42.0 Å². The van der Waals surface area contributed by atoms with E-state index in [1.165, 1.54) is 6.42 Å². The summed E-state index contributed by atoms with van der Waals surface area (Å²) in [7, 11) is 1.92. The summed E-state index contributed by atoms with van der Waals surface area (Å²) in [6.45, 7) is 7.17. The number of nitrogens with zero attached hydrogens (tertiary/aromatic N) is 5. The zero-order chi connectivity index (χ0) is 20.8. The van der Waals surface area contributed by atoms with Crippen LogP contribution in [0.2, 0.25) is 0 Å². The number of fused-ring (bicyclic) bond motifs is 1. The van der Waals surface area contributed by atoms with Gasteiger partial charge in [-0.2, -0.15) is 10.2 Å². The molecule has 3 atom stereocenters. The fraction of sp³-hybridized carbons (Fsp3) is 0.500. The van der Waals surface area contributed by atoms with E-state index < -0.39 is 0 Å². The van der Waals surface area contributed by atoms with Crippen LogP contribution in [-0.2, 0) is 11.8 Å². The Morgan fingerprint density at radius 1 is 1.37 bits per heavy atom. The molecule has 0 spiro atoms. The van der Waals surface area contributed by atoms with Crippen molar-refractivity contribution in [3.8, 4) is 17.0 Å². The summed E-state index contributed by atoms with van der Waals surface area (Å²) in [6, 6.07) is 6.44. The second-order valence-electron chi connectivity index (χ2n) is 8.49. The molecule has 1 N–H and O–H groups in total. The smallest absolute Gasteiger partial charge is 0.228 e. The number of carbonyl (C=O) groups excluding carboxylic acids is 1. The molecule has 1 aliphatic carbocycles. The Kier molecular flexibility index (Phi) is 4.73. The van der Waals surface area contributed by atoms with Gasteiger partial charge in [0.2, 0.25) is 5.91 Å². The van der Waals surface area contributed by atoms with Crippen molar-refractivity contribution in [2.75, 3.05) is 25.0 Å². The summed E-state index contributed by atoms with van der Waals surface area (Å²) in [5.74, 6) is 2.04. The predicted octanol–water partition coefficient (Wildman–Crippen LogP) is 2.80. The average Bonchev–Trinajstić information content (AvgIpc) is 3.13. The highest BCUT2D eigenvalue weighted by Gasteiger charge is 2.39.